The van der Waals surface area contributed by atoms with Crippen LogP contribution in [0.2, 0.25) is 0 Å². The number of nitro benzene ring substituents is 1. The number of nitrogens with one attached hydrogen (secondary N) is 1. The van der Waals surface area contributed by atoms with E-state index in [9.17, 15) is 14.9 Å². The first-order valence-corrected chi connectivity index (χ1v) is 8.68. The lowest BCUT2D eigenvalue weighted by molar-refractivity contribution is -0.384. The second-order valence-electron chi connectivity index (χ2n) is 6.25. The first-order valence-electron chi connectivity index (χ1n) is 8.68. The minimum absolute atomic E-state index is 0.0836. The summed E-state index contributed by atoms with van der Waals surface area (Å²) in [5.74, 6) is 1.36. The van der Waals surface area contributed by atoms with E-state index < -0.39 is 16.9 Å². The maximum Gasteiger partial charge on any atom is 0.269 e. The highest BCUT2D eigenvalue weighted by Gasteiger charge is 2.23. The van der Waals surface area contributed by atoms with E-state index >= 15 is 0 Å². The number of carbonyl (C=O) groups is 1. The molecule has 9 heteroatoms. The molecule has 0 unspecified atom stereocenters. The molecule has 0 saturated carbocycles. The van der Waals surface area contributed by atoms with Crippen molar-refractivity contribution in [1.29, 1.82) is 0 Å². The Balaban J connectivity index is 1.98. The second-order valence-corrected chi connectivity index (χ2v) is 6.25. The van der Waals surface area contributed by atoms with Crippen LogP contribution in [-0.2, 0) is 7.05 Å². The van der Waals surface area contributed by atoms with Crippen LogP contribution >= 0.6 is 0 Å². The number of nitro groups is 1. The van der Waals surface area contributed by atoms with Crippen molar-refractivity contribution in [3.8, 4) is 11.5 Å². The van der Waals surface area contributed by atoms with Gasteiger partial charge in [-0.15, -0.1) is 0 Å². The summed E-state index contributed by atoms with van der Waals surface area (Å²) >= 11 is 0. The molecule has 0 saturated heterocycles. The predicted octanol–water partition coefficient (Wildman–Crippen LogP) is 2.86. The lowest BCUT2D eigenvalue weighted by Crippen LogP contribution is -2.31. The summed E-state index contributed by atoms with van der Waals surface area (Å²) in [6, 6.07) is 10.1. The number of imidazole rings is 1. The van der Waals surface area contributed by atoms with Crippen molar-refractivity contribution in [2.45, 2.75) is 6.04 Å². The molecule has 150 valence electrons. The fraction of sp³-hybridized carbons (Fsp3) is 0.200. The first kappa shape index (κ1) is 19.9. The minimum Gasteiger partial charge on any atom is -0.497 e. The maximum absolute atomic E-state index is 12.8. The summed E-state index contributed by atoms with van der Waals surface area (Å²) in [6.07, 6.45) is 3.41. The Morgan fingerprint density at radius 2 is 1.76 bits per heavy atom. The van der Waals surface area contributed by atoms with E-state index in [1.54, 1.807) is 49.4 Å². The van der Waals surface area contributed by atoms with Crippen LogP contribution in [0.4, 0.5) is 5.69 Å². The molecule has 0 radical (unpaired) electrons. The SMILES string of the molecule is COc1cc(OC)cc([C@H](NC(=O)c2ccc([N+](=O)[O-])cc2)c2nccn2C)c1. The number of hydrogen-bond acceptors (Lipinski definition) is 6. The fourth-order valence-electron chi connectivity index (χ4n) is 2.90. The Morgan fingerprint density at radius 1 is 1.14 bits per heavy atom. The standard InChI is InChI=1S/C20H20N4O5/c1-23-9-8-21-19(23)18(14-10-16(28-2)12-17(11-14)29-3)22-20(25)13-4-6-15(7-5-13)24(26)27/h4-12,18H,1-3H3,(H,22,25)/t18-/m0/s1. The molecule has 3 aromatic rings. The summed E-state index contributed by atoms with van der Waals surface area (Å²) in [5.41, 5.74) is 0.926. The van der Waals surface area contributed by atoms with Crippen molar-refractivity contribution >= 4 is 11.6 Å². The summed E-state index contributed by atoms with van der Waals surface area (Å²) < 4.78 is 12.5. The number of aromatic nitrogens is 2. The third-order valence-corrected chi connectivity index (χ3v) is 4.44. The van der Waals surface area contributed by atoms with Crippen LogP contribution in [0.15, 0.2) is 54.9 Å². The number of amides is 1. The normalized spacial score (nSPS) is 11.6. The van der Waals surface area contributed by atoms with Crippen molar-refractivity contribution in [2.24, 2.45) is 7.05 Å². The molecule has 0 aliphatic rings. The molecule has 1 N–H and O–H groups in total. The molecule has 0 fully saturated rings. The van der Waals surface area contributed by atoms with Crippen LogP contribution in [0.25, 0.3) is 0 Å². The number of methoxy groups -OCH3 is 2. The number of non-ortho nitro benzene ring substituents is 1. The quantitative estimate of drug-likeness (QED) is 0.486. The van der Waals surface area contributed by atoms with E-state index in [2.05, 4.69) is 10.3 Å². The van der Waals surface area contributed by atoms with Crippen LogP contribution in [0.1, 0.15) is 27.8 Å². The van der Waals surface area contributed by atoms with Crippen molar-refractivity contribution in [3.63, 3.8) is 0 Å². The molecule has 0 bridgehead atoms. The highest BCUT2D eigenvalue weighted by atomic mass is 16.6. The average Bonchev–Trinajstić information content (AvgIpc) is 3.16. The van der Waals surface area contributed by atoms with E-state index in [0.717, 1.165) is 0 Å². The van der Waals surface area contributed by atoms with E-state index in [1.807, 2.05) is 7.05 Å². The summed E-state index contributed by atoms with van der Waals surface area (Å²) in [4.78, 5) is 27.5. The third-order valence-electron chi connectivity index (χ3n) is 4.44. The fourth-order valence-corrected chi connectivity index (χ4v) is 2.90. The molecule has 1 heterocycles. The highest BCUT2D eigenvalue weighted by Crippen LogP contribution is 2.29. The van der Waals surface area contributed by atoms with Crippen molar-refractivity contribution in [2.75, 3.05) is 14.2 Å². The summed E-state index contributed by atoms with van der Waals surface area (Å²) in [6.45, 7) is 0. The van der Waals surface area contributed by atoms with Gasteiger partial charge in [0.25, 0.3) is 11.6 Å². The summed E-state index contributed by atoms with van der Waals surface area (Å²) in [7, 11) is 4.92. The van der Waals surface area contributed by atoms with Crippen molar-refractivity contribution < 1.29 is 19.2 Å². The lowest BCUT2D eigenvalue weighted by Gasteiger charge is -2.20. The van der Waals surface area contributed by atoms with Gasteiger partial charge in [0.2, 0.25) is 0 Å². The first-order chi connectivity index (χ1) is 13.9. The monoisotopic (exact) mass is 396 g/mol. The number of benzene rings is 2. The molecule has 1 atom stereocenters. The molecular formula is C20H20N4O5. The molecule has 0 aliphatic heterocycles. The zero-order valence-electron chi connectivity index (χ0n) is 16.2. The van der Waals surface area contributed by atoms with E-state index in [-0.39, 0.29) is 5.69 Å². The van der Waals surface area contributed by atoms with Gasteiger partial charge < -0.3 is 19.4 Å². The van der Waals surface area contributed by atoms with E-state index in [1.165, 1.54) is 24.3 Å². The van der Waals surface area contributed by atoms with Gasteiger partial charge in [-0.3, -0.25) is 14.9 Å². The van der Waals surface area contributed by atoms with Gasteiger partial charge in [0, 0.05) is 43.2 Å². The minimum atomic E-state index is -0.596. The topological polar surface area (TPSA) is 109 Å². The number of ether oxygens (including phenoxy) is 2. The summed E-state index contributed by atoms with van der Waals surface area (Å²) in [5, 5.41) is 13.8. The molecule has 1 amide bonds. The van der Waals surface area contributed by atoms with Gasteiger partial charge in [0.1, 0.15) is 23.4 Å². The molecule has 1 aromatic heterocycles. The molecule has 29 heavy (non-hydrogen) atoms. The van der Waals surface area contributed by atoms with Gasteiger partial charge in [-0.1, -0.05) is 0 Å². The molecular weight excluding hydrogens is 376 g/mol. The largest absolute Gasteiger partial charge is 0.497 e. The van der Waals surface area contributed by atoms with E-state index in [0.29, 0.717) is 28.5 Å². The molecule has 3 rings (SSSR count). The number of rotatable bonds is 7. The Morgan fingerprint density at radius 3 is 2.24 bits per heavy atom. The van der Waals surface area contributed by atoms with Gasteiger partial charge in [0.05, 0.1) is 19.1 Å². The van der Waals surface area contributed by atoms with Gasteiger partial charge >= 0.3 is 0 Å². The maximum atomic E-state index is 12.8. The van der Waals surface area contributed by atoms with Crippen LogP contribution in [0, 0.1) is 10.1 Å². The third kappa shape index (κ3) is 4.34. The number of hydrogen-bond donors (Lipinski definition) is 1. The second kappa shape index (κ2) is 8.42. The van der Waals surface area contributed by atoms with Gasteiger partial charge in [-0.05, 0) is 29.8 Å². The number of aryl methyl sites for hydroxylation is 1. The van der Waals surface area contributed by atoms with Crippen LogP contribution in [-0.4, -0.2) is 34.6 Å². The molecule has 2 aromatic carbocycles. The van der Waals surface area contributed by atoms with Crippen LogP contribution < -0.4 is 14.8 Å². The number of nitrogens with zero attached hydrogens (tertiary/aromatic N) is 3. The zero-order valence-corrected chi connectivity index (χ0v) is 16.2. The van der Waals surface area contributed by atoms with Crippen LogP contribution in [0.5, 0.6) is 11.5 Å². The Hall–Kier alpha value is -3.88. The van der Waals surface area contributed by atoms with Crippen molar-refractivity contribution in [3.05, 3.63) is 81.9 Å². The Bertz CT molecular complexity index is 1010. The Labute approximate surface area is 167 Å². The molecule has 0 spiro atoms. The number of carbonyl (C=O) groups excluding carboxylic acids is 1. The zero-order chi connectivity index (χ0) is 21.0. The van der Waals surface area contributed by atoms with E-state index in [4.69, 9.17) is 9.47 Å². The predicted molar refractivity (Wildman–Crippen MR) is 105 cm³/mol. The Kier molecular flexibility index (Phi) is 5.77. The molecule has 9 nitrogen and oxygen atoms in total. The lowest BCUT2D eigenvalue weighted by atomic mass is 10.0. The smallest absolute Gasteiger partial charge is 0.269 e. The van der Waals surface area contributed by atoms with Crippen LogP contribution in [0.3, 0.4) is 0 Å². The van der Waals surface area contributed by atoms with Crippen molar-refractivity contribution in [1.82, 2.24) is 14.9 Å². The highest BCUT2D eigenvalue weighted by molar-refractivity contribution is 5.94. The van der Waals surface area contributed by atoms with Gasteiger partial charge in [-0.25, -0.2) is 4.98 Å². The van der Waals surface area contributed by atoms with Gasteiger partial charge in [-0.2, -0.15) is 0 Å². The van der Waals surface area contributed by atoms with Gasteiger partial charge in [0.15, 0.2) is 0 Å². The molecule has 0 aliphatic carbocycles. The average molecular weight is 396 g/mol.